The molecule has 1 aromatic carbocycles. The molecule has 18 heavy (non-hydrogen) atoms. The smallest absolute Gasteiger partial charge is 0.240 e. The number of fused-ring (bicyclic) bond motifs is 1. The van der Waals surface area contributed by atoms with E-state index in [0.29, 0.717) is 6.54 Å². The van der Waals surface area contributed by atoms with E-state index >= 15 is 0 Å². The Kier molecular flexibility index (Phi) is 3.99. The molecule has 2 rings (SSSR count). The van der Waals surface area contributed by atoms with Crippen LogP contribution in [0.1, 0.15) is 24.8 Å². The van der Waals surface area contributed by atoms with Crippen LogP contribution in [-0.4, -0.2) is 19.9 Å². The van der Waals surface area contributed by atoms with Gasteiger partial charge in [-0.25, -0.2) is 18.1 Å². The third-order valence-corrected chi connectivity index (χ3v) is 5.01. The van der Waals surface area contributed by atoms with Crippen LogP contribution in [0.5, 0.6) is 0 Å². The van der Waals surface area contributed by atoms with E-state index in [2.05, 4.69) is 9.71 Å². The van der Waals surface area contributed by atoms with Crippen molar-refractivity contribution in [2.24, 2.45) is 0 Å². The largest absolute Gasteiger partial charge is 0.241 e. The first-order valence-electron chi connectivity index (χ1n) is 5.90. The monoisotopic (exact) mass is 284 g/mol. The molecule has 0 unspecified atom stereocenters. The molecule has 0 saturated carbocycles. The lowest BCUT2D eigenvalue weighted by Gasteiger charge is -2.05. The average molecular weight is 284 g/mol. The van der Waals surface area contributed by atoms with Gasteiger partial charge < -0.3 is 0 Å². The molecule has 1 heterocycles. The Morgan fingerprint density at radius 3 is 2.89 bits per heavy atom. The van der Waals surface area contributed by atoms with Crippen molar-refractivity contribution in [3.8, 4) is 0 Å². The van der Waals surface area contributed by atoms with Crippen LogP contribution in [0.3, 0.4) is 0 Å². The molecule has 0 saturated heterocycles. The average Bonchev–Trinajstić information content (AvgIpc) is 2.68. The Hall–Kier alpha value is -0.980. The van der Waals surface area contributed by atoms with Gasteiger partial charge in [-0.1, -0.05) is 13.3 Å². The minimum atomic E-state index is -3.40. The maximum Gasteiger partial charge on any atom is 0.240 e. The maximum absolute atomic E-state index is 12.0. The molecular formula is C12H16N2O2S2. The molecule has 0 radical (unpaired) electrons. The van der Waals surface area contributed by atoms with Gasteiger partial charge in [-0.15, -0.1) is 11.3 Å². The van der Waals surface area contributed by atoms with Gasteiger partial charge in [0.15, 0.2) is 0 Å². The lowest BCUT2D eigenvalue weighted by molar-refractivity contribution is 0.578. The molecule has 2 aromatic rings. The van der Waals surface area contributed by atoms with Crippen LogP contribution >= 0.6 is 11.3 Å². The number of thiazole rings is 1. The zero-order chi connectivity index (χ0) is 13.2. The van der Waals surface area contributed by atoms with Gasteiger partial charge >= 0.3 is 0 Å². The second-order valence-corrected chi connectivity index (χ2v) is 7.12. The van der Waals surface area contributed by atoms with E-state index in [4.69, 9.17) is 0 Å². The van der Waals surface area contributed by atoms with Crippen molar-refractivity contribution in [1.82, 2.24) is 9.71 Å². The Labute approximate surface area is 111 Å². The van der Waals surface area contributed by atoms with Crippen molar-refractivity contribution in [2.75, 3.05) is 6.54 Å². The predicted octanol–water partition coefficient (Wildman–Crippen LogP) is 2.68. The van der Waals surface area contributed by atoms with Crippen LogP contribution in [0.15, 0.2) is 23.1 Å². The SMILES string of the molecule is CCCCNS(=O)(=O)c1ccc2sc(C)nc2c1. The molecule has 98 valence electrons. The third kappa shape index (κ3) is 2.88. The number of nitrogens with one attached hydrogen (secondary N) is 1. The first kappa shape index (κ1) is 13.5. The Bertz CT molecular complexity index is 647. The molecule has 0 amide bonds. The summed E-state index contributed by atoms with van der Waals surface area (Å²) in [5.41, 5.74) is 0.746. The normalized spacial score (nSPS) is 12.1. The molecule has 0 aliphatic heterocycles. The number of unbranched alkanes of at least 4 members (excludes halogenated alkanes) is 1. The Morgan fingerprint density at radius 1 is 1.39 bits per heavy atom. The van der Waals surface area contributed by atoms with Crippen molar-refractivity contribution in [3.05, 3.63) is 23.2 Å². The molecule has 1 aromatic heterocycles. The van der Waals surface area contributed by atoms with Crippen molar-refractivity contribution in [2.45, 2.75) is 31.6 Å². The van der Waals surface area contributed by atoms with Crippen LogP contribution in [0, 0.1) is 6.92 Å². The minimum absolute atomic E-state index is 0.288. The summed E-state index contributed by atoms with van der Waals surface area (Å²) >= 11 is 1.57. The van der Waals surface area contributed by atoms with Crippen LogP contribution in [0.2, 0.25) is 0 Å². The molecule has 0 fully saturated rings. The van der Waals surface area contributed by atoms with Crippen molar-refractivity contribution in [3.63, 3.8) is 0 Å². The molecule has 0 atom stereocenters. The van der Waals surface area contributed by atoms with Crippen LogP contribution in [0.4, 0.5) is 0 Å². The standard InChI is InChI=1S/C12H16N2O2S2/c1-3-4-7-13-18(15,16)10-5-6-12-11(8-10)14-9(2)17-12/h5-6,8,13H,3-4,7H2,1-2H3. The lowest BCUT2D eigenvalue weighted by Crippen LogP contribution is -2.24. The van der Waals surface area contributed by atoms with E-state index in [1.807, 2.05) is 19.9 Å². The number of rotatable bonds is 5. The maximum atomic E-state index is 12.0. The summed E-state index contributed by atoms with van der Waals surface area (Å²) in [7, 11) is -3.40. The minimum Gasteiger partial charge on any atom is -0.241 e. The number of aromatic nitrogens is 1. The first-order valence-corrected chi connectivity index (χ1v) is 8.20. The predicted molar refractivity (Wildman–Crippen MR) is 74.5 cm³/mol. The van der Waals surface area contributed by atoms with E-state index < -0.39 is 10.0 Å². The van der Waals surface area contributed by atoms with Crippen molar-refractivity contribution < 1.29 is 8.42 Å². The van der Waals surface area contributed by atoms with Gasteiger partial charge in [0.2, 0.25) is 10.0 Å². The van der Waals surface area contributed by atoms with E-state index in [1.165, 1.54) is 0 Å². The molecule has 0 aliphatic rings. The van der Waals surface area contributed by atoms with Crippen LogP contribution in [-0.2, 0) is 10.0 Å². The summed E-state index contributed by atoms with van der Waals surface area (Å²) in [5.74, 6) is 0. The Balaban J connectivity index is 2.29. The summed E-state index contributed by atoms with van der Waals surface area (Å²) in [6.45, 7) is 4.42. The number of sulfonamides is 1. The van der Waals surface area contributed by atoms with Gasteiger partial charge in [0, 0.05) is 6.54 Å². The first-order chi connectivity index (χ1) is 8.53. The molecule has 6 heteroatoms. The summed E-state index contributed by atoms with van der Waals surface area (Å²) < 4.78 is 27.7. The highest BCUT2D eigenvalue weighted by Crippen LogP contribution is 2.24. The Morgan fingerprint density at radius 2 is 2.17 bits per heavy atom. The fourth-order valence-corrected chi connectivity index (χ4v) is 3.56. The number of hydrogen-bond donors (Lipinski definition) is 1. The second-order valence-electron chi connectivity index (χ2n) is 4.11. The zero-order valence-electron chi connectivity index (χ0n) is 10.4. The lowest BCUT2D eigenvalue weighted by atomic mass is 10.3. The summed E-state index contributed by atoms with van der Waals surface area (Å²) in [6, 6.07) is 5.08. The number of benzene rings is 1. The van der Waals surface area contributed by atoms with E-state index in [9.17, 15) is 8.42 Å². The fraction of sp³-hybridized carbons (Fsp3) is 0.417. The van der Waals surface area contributed by atoms with Gasteiger partial charge in [-0.05, 0) is 31.5 Å². The molecule has 1 N–H and O–H groups in total. The van der Waals surface area contributed by atoms with Gasteiger partial charge in [0.05, 0.1) is 20.1 Å². The number of aryl methyl sites for hydroxylation is 1. The van der Waals surface area contributed by atoms with E-state index in [-0.39, 0.29) is 4.90 Å². The summed E-state index contributed by atoms with van der Waals surface area (Å²) in [5, 5.41) is 0.943. The number of nitrogens with zero attached hydrogens (tertiary/aromatic N) is 1. The van der Waals surface area contributed by atoms with Gasteiger partial charge in [-0.3, -0.25) is 0 Å². The molecule has 0 aliphatic carbocycles. The topological polar surface area (TPSA) is 59.1 Å². The zero-order valence-corrected chi connectivity index (χ0v) is 12.1. The highest BCUT2D eigenvalue weighted by molar-refractivity contribution is 7.89. The molecule has 0 spiro atoms. The van der Waals surface area contributed by atoms with E-state index in [1.54, 1.807) is 23.5 Å². The van der Waals surface area contributed by atoms with Crippen LogP contribution < -0.4 is 4.72 Å². The molecule has 4 nitrogen and oxygen atoms in total. The second kappa shape index (κ2) is 5.34. The van der Waals surface area contributed by atoms with Crippen molar-refractivity contribution in [1.29, 1.82) is 0 Å². The van der Waals surface area contributed by atoms with Crippen molar-refractivity contribution >= 4 is 31.6 Å². The van der Waals surface area contributed by atoms with Crippen LogP contribution in [0.25, 0.3) is 10.2 Å². The summed E-state index contributed by atoms with van der Waals surface area (Å²) in [4.78, 5) is 4.60. The molecular weight excluding hydrogens is 268 g/mol. The summed E-state index contributed by atoms with van der Waals surface area (Å²) in [6.07, 6.45) is 1.81. The van der Waals surface area contributed by atoms with Gasteiger partial charge in [0.1, 0.15) is 0 Å². The van der Waals surface area contributed by atoms with Gasteiger partial charge in [0.25, 0.3) is 0 Å². The van der Waals surface area contributed by atoms with Gasteiger partial charge in [-0.2, -0.15) is 0 Å². The highest BCUT2D eigenvalue weighted by atomic mass is 32.2. The third-order valence-electron chi connectivity index (χ3n) is 2.60. The molecule has 0 bridgehead atoms. The number of hydrogen-bond acceptors (Lipinski definition) is 4. The quantitative estimate of drug-likeness (QED) is 0.859. The highest BCUT2D eigenvalue weighted by Gasteiger charge is 2.14. The van der Waals surface area contributed by atoms with E-state index in [0.717, 1.165) is 28.1 Å². The fourth-order valence-electron chi connectivity index (χ4n) is 1.66.